The molecule has 100 valence electrons. The number of hydrogen-bond donors (Lipinski definition) is 2. The lowest BCUT2D eigenvalue weighted by molar-refractivity contribution is -0.136. The van der Waals surface area contributed by atoms with Crippen LogP contribution >= 0.6 is 34.8 Å². The van der Waals surface area contributed by atoms with E-state index < -0.39 is 28.2 Å². The number of benzene rings is 1. The molecule has 0 fully saturated rings. The minimum absolute atomic E-state index is 0.0523. The van der Waals surface area contributed by atoms with Crippen molar-refractivity contribution in [3.63, 3.8) is 0 Å². The van der Waals surface area contributed by atoms with Crippen LogP contribution in [-0.4, -0.2) is 25.2 Å². The summed E-state index contributed by atoms with van der Waals surface area (Å²) >= 11 is 17.2. The van der Waals surface area contributed by atoms with Crippen LogP contribution in [0.5, 0.6) is 0 Å². The molecule has 0 aromatic heterocycles. The molecule has 1 rings (SSSR count). The number of aliphatic carboxylic acids is 1. The zero-order valence-corrected chi connectivity index (χ0v) is 11.9. The molecule has 0 aliphatic carbocycles. The lowest BCUT2D eigenvalue weighted by Crippen LogP contribution is -2.19. The molecular weight excluding hydrogens is 325 g/mol. The molecular formula is C9H8Cl3NO4S. The average molecular weight is 333 g/mol. The summed E-state index contributed by atoms with van der Waals surface area (Å²) in [7, 11) is -3.80. The molecule has 0 atom stereocenters. The van der Waals surface area contributed by atoms with E-state index in [1.54, 1.807) is 0 Å². The molecule has 0 aliphatic heterocycles. The van der Waals surface area contributed by atoms with Crippen LogP contribution in [0.2, 0.25) is 15.1 Å². The predicted octanol–water partition coefficient (Wildman–Crippen LogP) is 2.86. The molecule has 0 amide bonds. The third-order valence-electron chi connectivity index (χ3n) is 1.86. The number of hydrogen-bond acceptors (Lipinski definition) is 3. The van der Waals surface area contributed by atoms with Crippen molar-refractivity contribution >= 4 is 56.5 Å². The Morgan fingerprint density at radius 2 is 1.72 bits per heavy atom. The first-order valence-corrected chi connectivity index (χ1v) is 7.37. The Morgan fingerprint density at radius 3 is 2.28 bits per heavy atom. The second-order valence-corrected chi connectivity index (χ2v) is 6.37. The maximum Gasteiger partial charge on any atom is 0.304 e. The van der Waals surface area contributed by atoms with Gasteiger partial charge in [0.05, 0.1) is 32.9 Å². The average Bonchev–Trinajstić information content (AvgIpc) is 2.23. The van der Waals surface area contributed by atoms with Gasteiger partial charge < -0.3 is 5.11 Å². The summed E-state index contributed by atoms with van der Waals surface area (Å²) in [6, 6.07) is 2.55. The van der Waals surface area contributed by atoms with Gasteiger partial charge in [0.25, 0.3) is 0 Å². The number of carboxylic acids is 1. The maximum absolute atomic E-state index is 11.5. The van der Waals surface area contributed by atoms with E-state index in [9.17, 15) is 13.2 Å². The monoisotopic (exact) mass is 331 g/mol. The highest BCUT2D eigenvalue weighted by Crippen LogP contribution is 2.32. The molecule has 0 spiro atoms. The van der Waals surface area contributed by atoms with Crippen molar-refractivity contribution in [1.82, 2.24) is 0 Å². The first kappa shape index (κ1) is 15.4. The second-order valence-electron chi connectivity index (χ2n) is 3.31. The highest BCUT2D eigenvalue weighted by atomic mass is 35.5. The highest BCUT2D eigenvalue weighted by molar-refractivity contribution is 7.92. The van der Waals surface area contributed by atoms with Gasteiger partial charge in [-0.3, -0.25) is 9.52 Å². The topological polar surface area (TPSA) is 83.5 Å². The molecule has 0 heterocycles. The summed E-state index contributed by atoms with van der Waals surface area (Å²) < 4.78 is 25.2. The van der Waals surface area contributed by atoms with Crippen LogP contribution < -0.4 is 4.72 Å². The van der Waals surface area contributed by atoms with E-state index in [1.165, 1.54) is 12.1 Å². The predicted molar refractivity (Wildman–Crippen MR) is 71.1 cm³/mol. The minimum atomic E-state index is -3.80. The summed E-state index contributed by atoms with van der Waals surface area (Å²) in [6.07, 6.45) is -0.506. The van der Waals surface area contributed by atoms with Gasteiger partial charge in [-0.15, -0.1) is 0 Å². The number of rotatable bonds is 5. The zero-order valence-electron chi connectivity index (χ0n) is 8.78. The van der Waals surface area contributed by atoms with Gasteiger partial charge in [-0.25, -0.2) is 8.42 Å². The van der Waals surface area contributed by atoms with E-state index in [0.29, 0.717) is 0 Å². The van der Waals surface area contributed by atoms with Crippen LogP contribution in [-0.2, 0) is 14.8 Å². The van der Waals surface area contributed by atoms with Crippen LogP contribution in [0.1, 0.15) is 6.42 Å². The Labute approximate surface area is 119 Å². The lowest BCUT2D eigenvalue weighted by atomic mass is 10.3. The van der Waals surface area contributed by atoms with Crippen molar-refractivity contribution in [2.75, 3.05) is 10.5 Å². The summed E-state index contributed by atoms with van der Waals surface area (Å²) in [6.45, 7) is 0. The van der Waals surface area contributed by atoms with Gasteiger partial charge in [0.1, 0.15) is 0 Å². The number of nitrogens with one attached hydrogen (secondary N) is 1. The molecule has 0 saturated carbocycles. The molecule has 18 heavy (non-hydrogen) atoms. The number of sulfonamides is 1. The summed E-state index contributed by atoms with van der Waals surface area (Å²) in [5.74, 6) is -1.76. The van der Waals surface area contributed by atoms with Gasteiger partial charge in [0.2, 0.25) is 10.0 Å². The SMILES string of the molecule is O=C(O)CCS(=O)(=O)Nc1cc(Cl)c(Cl)cc1Cl. The van der Waals surface area contributed by atoms with Crippen LogP contribution in [0, 0.1) is 0 Å². The molecule has 0 radical (unpaired) electrons. The Balaban J connectivity index is 2.91. The van der Waals surface area contributed by atoms with E-state index in [-0.39, 0.29) is 20.8 Å². The van der Waals surface area contributed by atoms with Gasteiger partial charge in [-0.1, -0.05) is 34.8 Å². The molecule has 0 aliphatic rings. The van der Waals surface area contributed by atoms with Gasteiger partial charge in [0.15, 0.2) is 0 Å². The smallest absolute Gasteiger partial charge is 0.304 e. The van der Waals surface area contributed by atoms with E-state index in [0.717, 1.165) is 0 Å². The van der Waals surface area contributed by atoms with Crippen molar-refractivity contribution in [2.45, 2.75) is 6.42 Å². The maximum atomic E-state index is 11.5. The summed E-state index contributed by atoms with van der Waals surface area (Å²) in [4.78, 5) is 10.3. The molecule has 5 nitrogen and oxygen atoms in total. The van der Waals surface area contributed by atoms with Crippen LogP contribution in [0.3, 0.4) is 0 Å². The molecule has 0 unspecified atom stereocenters. The quantitative estimate of drug-likeness (QED) is 0.812. The number of carbonyl (C=O) groups is 1. The second kappa shape index (κ2) is 5.97. The number of halogens is 3. The Bertz CT molecular complexity index is 573. The summed E-state index contributed by atoms with van der Waals surface area (Å²) in [5.41, 5.74) is 0.0523. The number of carboxylic acid groups (broad SMARTS) is 1. The Hall–Kier alpha value is -0.690. The van der Waals surface area contributed by atoms with E-state index in [4.69, 9.17) is 39.9 Å². The van der Waals surface area contributed by atoms with Crippen LogP contribution in [0.4, 0.5) is 5.69 Å². The van der Waals surface area contributed by atoms with E-state index in [2.05, 4.69) is 4.72 Å². The zero-order chi connectivity index (χ0) is 13.9. The first-order chi connectivity index (χ1) is 8.21. The van der Waals surface area contributed by atoms with Crippen LogP contribution in [0.25, 0.3) is 0 Å². The molecule has 1 aromatic rings. The number of anilines is 1. The fourth-order valence-electron chi connectivity index (χ4n) is 1.04. The van der Waals surface area contributed by atoms with Gasteiger partial charge >= 0.3 is 5.97 Å². The largest absolute Gasteiger partial charge is 0.481 e. The summed E-state index contributed by atoms with van der Waals surface area (Å²) in [5, 5.41) is 8.82. The molecule has 0 saturated heterocycles. The van der Waals surface area contributed by atoms with Gasteiger partial charge in [-0.2, -0.15) is 0 Å². The van der Waals surface area contributed by atoms with Gasteiger partial charge in [0, 0.05) is 0 Å². The van der Waals surface area contributed by atoms with Crippen molar-refractivity contribution in [1.29, 1.82) is 0 Å². The third-order valence-corrected chi connectivity index (χ3v) is 4.17. The normalized spacial score (nSPS) is 11.3. The van der Waals surface area contributed by atoms with Gasteiger partial charge in [-0.05, 0) is 12.1 Å². The molecule has 0 bridgehead atoms. The standard InChI is InChI=1S/C9H8Cl3NO4S/c10-5-3-7(12)8(4-6(5)11)13-18(16,17)2-1-9(14)15/h3-4,13H,1-2H2,(H,14,15). The fraction of sp³-hybridized carbons (Fsp3) is 0.222. The molecule has 9 heteroatoms. The highest BCUT2D eigenvalue weighted by Gasteiger charge is 2.15. The fourth-order valence-corrected chi connectivity index (χ4v) is 2.74. The van der Waals surface area contributed by atoms with Crippen molar-refractivity contribution < 1.29 is 18.3 Å². The first-order valence-electron chi connectivity index (χ1n) is 4.58. The van der Waals surface area contributed by atoms with E-state index >= 15 is 0 Å². The van der Waals surface area contributed by atoms with Crippen molar-refractivity contribution in [2.24, 2.45) is 0 Å². The van der Waals surface area contributed by atoms with Crippen molar-refractivity contribution in [3.05, 3.63) is 27.2 Å². The Morgan fingerprint density at radius 1 is 1.17 bits per heavy atom. The minimum Gasteiger partial charge on any atom is -0.481 e. The molecule has 2 N–H and O–H groups in total. The van der Waals surface area contributed by atoms with Crippen molar-refractivity contribution in [3.8, 4) is 0 Å². The lowest BCUT2D eigenvalue weighted by Gasteiger charge is -2.09. The Kier molecular flexibility index (Phi) is 5.10. The molecule has 1 aromatic carbocycles. The van der Waals surface area contributed by atoms with E-state index in [1.807, 2.05) is 0 Å². The van der Waals surface area contributed by atoms with Crippen LogP contribution in [0.15, 0.2) is 12.1 Å². The third kappa shape index (κ3) is 4.53.